The summed E-state index contributed by atoms with van der Waals surface area (Å²) in [7, 11) is 1.18. The molecule has 0 saturated heterocycles. The predicted octanol–water partition coefficient (Wildman–Crippen LogP) is 2.28. The standard InChI is InChI=1S/C16H9FN2O2/c1-21-16(20)14-7-11(4-5-15(14)17)2-3-12-6-13(8-18)10-19-9-12/h4-7,9-10H,1H3. The van der Waals surface area contributed by atoms with Gasteiger partial charge in [-0.15, -0.1) is 0 Å². The fourth-order valence-corrected chi connectivity index (χ4v) is 1.58. The van der Waals surface area contributed by atoms with E-state index in [4.69, 9.17) is 5.26 Å². The SMILES string of the molecule is COC(=O)c1cc(C#Cc2cncc(C#N)c2)ccc1F. The summed E-state index contributed by atoms with van der Waals surface area (Å²) < 4.78 is 18.0. The van der Waals surface area contributed by atoms with Gasteiger partial charge in [0.25, 0.3) is 0 Å². The second-order valence-corrected chi connectivity index (χ2v) is 4.01. The van der Waals surface area contributed by atoms with Crippen LogP contribution in [0.25, 0.3) is 0 Å². The van der Waals surface area contributed by atoms with Gasteiger partial charge in [-0.1, -0.05) is 11.8 Å². The van der Waals surface area contributed by atoms with Gasteiger partial charge in [-0.25, -0.2) is 9.18 Å². The number of hydrogen-bond acceptors (Lipinski definition) is 4. The summed E-state index contributed by atoms with van der Waals surface area (Å²) >= 11 is 0. The fourth-order valence-electron chi connectivity index (χ4n) is 1.58. The van der Waals surface area contributed by atoms with Crippen LogP contribution in [0.15, 0.2) is 36.7 Å². The number of pyridine rings is 1. The zero-order chi connectivity index (χ0) is 15.2. The van der Waals surface area contributed by atoms with Gasteiger partial charge in [-0.05, 0) is 24.3 Å². The molecule has 1 heterocycles. The molecule has 0 N–H and O–H groups in total. The number of esters is 1. The predicted molar refractivity (Wildman–Crippen MR) is 72.7 cm³/mol. The maximum atomic E-state index is 13.5. The van der Waals surface area contributed by atoms with Gasteiger partial charge in [0.05, 0.1) is 18.2 Å². The second-order valence-electron chi connectivity index (χ2n) is 4.01. The molecule has 0 bridgehead atoms. The lowest BCUT2D eigenvalue weighted by Crippen LogP contribution is -2.04. The highest BCUT2D eigenvalue weighted by molar-refractivity contribution is 5.90. The molecule has 0 unspecified atom stereocenters. The van der Waals surface area contributed by atoms with Crippen LogP contribution in [0.1, 0.15) is 27.0 Å². The van der Waals surface area contributed by atoms with Crippen LogP contribution in [-0.4, -0.2) is 18.1 Å². The maximum Gasteiger partial charge on any atom is 0.340 e. The Morgan fingerprint density at radius 3 is 2.62 bits per heavy atom. The van der Waals surface area contributed by atoms with E-state index in [2.05, 4.69) is 21.6 Å². The van der Waals surface area contributed by atoms with Crippen molar-refractivity contribution in [3.05, 3.63) is 64.7 Å². The molecule has 0 aliphatic rings. The number of nitrogens with zero attached hydrogens (tertiary/aromatic N) is 2. The van der Waals surface area contributed by atoms with E-state index in [1.54, 1.807) is 6.07 Å². The average Bonchev–Trinajstić information content (AvgIpc) is 2.53. The highest BCUT2D eigenvalue weighted by Gasteiger charge is 2.11. The van der Waals surface area contributed by atoms with Crippen LogP contribution in [0, 0.1) is 29.0 Å². The molecule has 1 aromatic heterocycles. The smallest absolute Gasteiger partial charge is 0.340 e. The normalized spacial score (nSPS) is 9.19. The van der Waals surface area contributed by atoms with Crippen LogP contribution in [0.5, 0.6) is 0 Å². The van der Waals surface area contributed by atoms with Crippen molar-refractivity contribution in [1.29, 1.82) is 5.26 Å². The number of rotatable bonds is 1. The quantitative estimate of drug-likeness (QED) is 0.594. The molecule has 0 saturated carbocycles. The van der Waals surface area contributed by atoms with Crippen LogP contribution in [0.4, 0.5) is 4.39 Å². The Balaban J connectivity index is 2.35. The summed E-state index contributed by atoms with van der Waals surface area (Å²) in [5, 5.41) is 8.77. The van der Waals surface area contributed by atoms with E-state index in [9.17, 15) is 9.18 Å². The Hall–Kier alpha value is -3.18. The highest BCUT2D eigenvalue weighted by atomic mass is 19.1. The summed E-state index contributed by atoms with van der Waals surface area (Å²) in [5.41, 5.74) is 1.24. The van der Waals surface area contributed by atoms with Crippen molar-refractivity contribution in [2.75, 3.05) is 7.11 Å². The number of hydrogen-bond donors (Lipinski definition) is 0. The van der Waals surface area contributed by atoms with Crippen LogP contribution >= 0.6 is 0 Å². The number of methoxy groups -OCH3 is 1. The third kappa shape index (κ3) is 3.43. The average molecular weight is 280 g/mol. The lowest BCUT2D eigenvalue weighted by Gasteiger charge is -2.01. The molecule has 0 radical (unpaired) electrons. The van der Waals surface area contributed by atoms with Crippen LogP contribution < -0.4 is 0 Å². The Bertz CT molecular complexity index is 798. The molecule has 0 aliphatic heterocycles. The van der Waals surface area contributed by atoms with Crippen molar-refractivity contribution in [2.45, 2.75) is 0 Å². The van der Waals surface area contributed by atoms with Crippen molar-refractivity contribution in [3.8, 4) is 17.9 Å². The largest absolute Gasteiger partial charge is 0.465 e. The second kappa shape index (κ2) is 6.31. The van der Waals surface area contributed by atoms with E-state index >= 15 is 0 Å². The molecule has 0 fully saturated rings. The molecule has 0 spiro atoms. The molecule has 0 atom stereocenters. The minimum Gasteiger partial charge on any atom is -0.465 e. The third-order valence-electron chi connectivity index (χ3n) is 2.59. The molecular weight excluding hydrogens is 271 g/mol. The van der Waals surface area contributed by atoms with Crippen LogP contribution in [-0.2, 0) is 4.74 Å². The van der Waals surface area contributed by atoms with Crippen LogP contribution in [0.3, 0.4) is 0 Å². The van der Waals surface area contributed by atoms with Gasteiger partial charge in [0, 0.05) is 23.5 Å². The number of benzene rings is 1. The summed E-state index contributed by atoms with van der Waals surface area (Å²) in [6, 6.07) is 7.47. The number of halogens is 1. The molecular formula is C16H9FN2O2. The summed E-state index contributed by atoms with van der Waals surface area (Å²) in [6.45, 7) is 0. The number of nitriles is 1. The minimum atomic E-state index is -0.760. The first-order valence-corrected chi connectivity index (χ1v) is 5.89. The summed E-state index contributed by atoms with van der Waals surface area (Å²) in [6.07, 6.45) is 2.94. The first-order valence-electron chi connectivity index (χ1n) is 5.89. The molecule has 5 heteroatoms. The Morgan fingerprint density at radius 2 is 1.90 bits per heavy atom. The lowest BCUT2D eigenvalue weighted by atomic mass is 10.1. The molecule has 21 heavy (non-hydrogen) atoms. The maximum absolute atomic E-state index is 13.5. The topological polar surface area (TPSA) is 63.0 Å². The first-order chi connectivity index (χ1) is 10.1. The van der Waals surface area contributed by atoms with Crippen LogP contribution in [0.2, 0.25) is 0 Å². The molecule has 2 aromatic rings. The van der Waals surface area contributed by atoms with Crippen molar-refractivity contribution in [2.24, 2.45) is 0 Å². The molecule has 2 rings (SSSR count). The summed E-state index contributed by atoms with van der Waals surface area (Å²) in [4.78, 5) is 15.3. The van der Waals surface area contributed by atoms with E-state index in [0.717, 1.165) is 6.07 Å². The Morgan fingerprint density at radius 1 is 1.19 bits per heavy atom. The Kier molecular flexibility index (Phi) is 4.28. The van der Waals surface area contributed by atoms with Gasteiger partial charge < -0.3 is 4.74 Å². The number of aromatic nitrogens is 1. The summed E-state index contributed by atoms with van der Waals surface area (Å²) in [5.74, 6) is 4.16. The molecule has 102 valence electrons. The van der Waals surface area contributed by atoms with Gasteiger partial charge in [-0.2, -0.15) is 5.26 Å². The van der Waals surface area contributed by atoms with E-state index < -0.39 is 11.8 Å². The zero-order valence-corrected chi connectivity index (χ0v) is 11.1. The van der Waals surface area contributed by atoms with E-state index in [-0.39, 0.29) is 5.56 Å². The molecule has 0 amide bonds. The van der Waals surface area contributed by atoms with Gasteiger partial charge in [0.2, 0.25) is 0 Å². The van der Waals surface area contributed by atoms with Gasteiger partial charge >= 0.3 is 5.97 Å². The van der Waals surface area contributed by atoms with Gasteiger partial charge in [-0.3, -0.25) is 4.98 Å². The Labute approximate surface area is 120 Å². The fraction of sp³-hybridized carbons (Fsp3) is 0.0625. The van der Waals surface area contributed by atoms with Crippen molar-refractivity contribution < 1.29 is 13.9 Å². The molecule has 1 aromatic carbocycles. The zero-order valence-electron chi connectivity index (χ0n) is 11.1. The van der Waals surface area contributed by atoms with Crippen molar-refractivity contribution >= 4 is 5.97 Å². The lowest BCUT2D eigenvalue weighted by molar-refractivity contribution is 0.0595. The van der Waals surface area contributed by atoms with Crippen molar-refractivity contribution in [1.82, 2.24) is 4.98 Å². The molecule has 4 nitrogen and oxygen atoms in total. The number of ether oxygens (including phenoxy) is 1. The molecule has 0 aliphatic carbocycles. The van der Waals surface area contributed by atoms with Gasteiger partial charge in [0.15, 0.2) is 0 Å². The minimum absolute atomic E-state index is 0.173. The first kappa shape index (κ1) is 14.2. The van der Waals surface area contributed by atoms with Gasteiger partial charge in [0.1, 0.15) is 11.9 Å². The monoisotopic (exact) mass is 280 g/mol. The number of carbonyl (C=O) groups is 1. The van der Waals surface area contributed by atoms with Crippen molar-refractivity contribution in [3.63, 3.8) is 0 Å². The van der Waals surface area contributed by atoms with E-state index in [1.165, 1.54) is 31.6 Å². The third-order valence-corrected chi connectivity index (χ3v) is 2.59. The number of carbonyl (C=O) groups excluding carboxylic acids is 1. The van der Waals surface area contributed by atoms with E-state index in [1.807, 2.05) is 6.07 Å². The highest BCUT2D eigenvalue weighted by Crippen LogP contribution is 2.11. The van der Waals surface area contributed by atoms with E-state index in [0.29, 0.717) is 16.7 Å².